The van der Waals surface area contributed by atoms with Crippen molar-refractivity contribution in [2.75, 3.05) is 11.9 Å². The largest absolute Gasteiger partial charge is 0.330 e. The Bertz CT molecular complexity index is 648. The van der Waals surface area contributed by atoms with Crippen LogP contribution < -0.4 is 16.2 Å². The molecule has 5 N–H and O–H groups in total. The third-order valence-electron chi connectivity index (χ3n) is 3.83. The maximum atomic E-state index is 12.3. The van der Waals surface area contributed by atoms with Crippen LogP contribution in [-0.2, 0) is 14.8 Å². The fraction of sp³-hybridized carbons (Fsp3) is 0.462. The highest BCUT2D eigenvalue weighted by Crippen LogP contribution is 2.33. The van der Waals surface area contributed by atoms with Crippen molar-refractivity contribution >= 4 is 37.5 Å². The van der Waals surface area contributed by atoms with E-state index in [0.717, 1.165) is 19.3 Å². The number of sulfonamides is 1. The van der Waals surface area contributed by atoms with Gasteiger partial charge in [0.1, 0.15) is 0 Å². The van der Waals surface area contributed by atoms with Gasteiger partial charge in [-0.05, 0) is 59.4 Å². The molecule has 1 saturated carbocycles. The first kappa shape index (κ1) is 16.4. The maximum absolute atomic E-state index is 12.3. The summed E-state index contributed by atoms with van der Waals surface area (Å²) in [6.07, 6.45) is 2.81. The van der Waals surface area contributed by atoms with E-state index in [9.17, 15) is 13.2 Å². The first-order valence-electron chi connectivity index (χ1n) is 6.66. The van der Waals surface area contributed by atoms with Gasteiger partial charge in [0.15, 0.2) is 0 Å². The van der Waals surface area contributed by atoms with E-state index in [1.165, 1.54) is 18.2 Å². The third kappa shape index (κ3) is 3.82. The number of halogens is 1. The van der Waals surface area contributed by atoms with Crippen LogP contribution in [0.4, 0.5) is 5.69 Å². The molecule has 2 rings (SSSR count). The van der Waals surface area contributed by atoms with E-state index in [1.54, 1.807) is 0 Å². The zero-order valence-electron chi connectivity index (χ0n) is 11.4. The minimum Gasteiger partial charge on any atom is -0.330 e. The van der Waals surface area contributed by atoms with Crippen LogP contribution in [0.1, 0.15) is 19.3 Å². The average Bonchev–Trinajstić information content (AvgIpc) is 2.88. The van der Waals surface area contributed by atoms with Gasteiger partial charge in [0.25, 0.3) is 0 Å². The van der Waals surface area contributed by atoms with Crippen LogP contribution in [0.5, 0.6) is 0 Å². The van der Waals surface area contributed by atoms with Crippen molar-refractivity contribution < 1.29 is 13.2 Å². The lowest BCUT2D eigenvalue weighted by Gasteiger charge is -2.18. The summed E-state index contributed by atoms with van der Waals surface area (Å²) in [6, 6.07) is 4.26. The Labute approximate surface area is 132 Å². The molecule has 0 bridgehead atoms. The van der Waals surface area contributed by atoms with E-state index in [4.69, 9.17) is 10.9 Å². The predicted molar refractivity (Wildman–Crippen MR) is 84.0 cm³/mol. The van der Waals surface area contributed by atoms with Crippen molar-refractivity contribution in [3.63, 3.8) is 0 Å². The lowest BCUT2D eigenvalue weighted by atomic mass is 9.95. The summed E-state index contributed by atoms with van der Waals surface area (Å²) >= 11 is 3.25. The van der Waals surface area contributed by atoms with Crippen molar-refractivity contribution in [1.82, 2.24) is 0 Å². The summed E-state index contributed by atoms with van der Waals surface area (Å²) < 4.78 is 23.0. The minimum atomic E-state index is -3.76. The van der Waals surface area contributed by atoms with Crippen LogP contribution in [0.25, 0.3) is 0 Å². The number of amides is 1. The molecule has 0 saturated heterocycles. The average molecular weight is 376 g/mol. The Morgan fingerprint density at radius 1 is 1.38 bits per heavy atom. The molecule has 1 amide bonds. The lowest BCUT2D eigenvalue weighted by Crippen LogP contribution is -2.29. The molecule has 0 spiro atoms. The second-order valence-electron chi connectivity index (χ2n) is 5.21. The minimum absolute atomic E-state index is 0.00641. The van der Waals surface area contributed by atoms with Gasteiger partial charge in [0, 0.05) is 10.4 Å². The molecule has 1 aromatic carbocycles. The number of hydrogen-bond donors (Lipinski definition) is 3. The fourth-order valence-electron chi connectivity index (χ4n) is 2.66. The van der Waals surface area contributed by atoms with Crippen LogP contribution in [0.2, 0.25) is 0 Å². The molecule has 116 valence electrons. The molecule has 1 aromatic rings. The Morgan fingerprint density at radius 3 is 2.67 bits per heavy atom. The van der Waals surface area contributed by atoms with Crippen LogP contribution in [0, 0.1) is 11.8 Å². The van der Waals surface area contributed by atoms with E-state index in [0.29, 0.717) is 16.7 Å². The highest BCUT2D eigenvalue weighted by molar-refractivity contribution is 9.10. The first-order chi connectivity index (χ1) is 9.82. The Morgan fingerprint density at radius 2 is 2.10 bits per heavy atom. The Kier molecular flexibility index (Phi) is 5.03. The van der Waals surface area contributed by atoms with Gasteiger partial charge in [-0.2, -0.15) is 0 Å². The number of rotatable bonds is 4. The van der Waals surface area contributed by atoms with Gasteiger partial charge in [-0.25, -0.2) is 13.6 Å². The van der Waals surface area contributed by atoms with Crippen molar-refractivity contribution in [2.24, 2.45) is 22.7 Å². The van der Waals surface area contributed by atoms with Crippen molar-refractivity contribution in [3.05, 3.63) is 22.7 Å². The molecular weight excluding hydrogens is 358 g/mol. The zero-order valence-corrected chi connectivity index (χ0v) is 13.8. The molecule has 2 atom stereocenters. The molecule has 1 fully saturated rings. The third-order valence-corrected chi connectivity index (χ3v) is 5.39. The Balaban J connectivity index is 2.15. The van der Waals surface area contributed by atoms with E-state index >= 15 is 0 Å². The van der Waals surface area contributed by atoms with Crippen LogP contribution in [0.3, 0.4) is 0 Å². The van der Waals surface area contributed by atoms with Crippen molar-refractivity contribution in [2.45, 2.75) is 24.2 Å². The highest BCUT2D eigenvalue weighted by Gasteiger charge is 2.32. The number of nitrogens with one attached hydrogen (secondary N) is 1. The summed E-state index contributed by atoms with van der Waals surface area (Å²) in [7, 11) is -3.76. The summed E-state index contributed by atoms with van der Waals surface area (Å²) in [4.78, 5) is 12.3. The number of hydrogen-bond acceptors (Lipinski definition) is 4. The van der Waals surface area contributed by atoms with Crippen molar-refractivity contribution in [3.8, 4) is 0 Å². The van der Waals surface area contributed by atoms with Gasteiger partial charge < -0.3 is 11.1 Å². The van der Waals surface area contributed by atoms with Gasteiger partial charge in [0.05, 0.1) is 10.6 Å². The molecule has 2 unspecified atom stereocenters. The summed E-state index contributed by atoms with van der Waals surface area (Å²) in [5.74, 6) is 0.0549. The topological polar surface area (TPSA) is 115 Å². The number of benzene rings is 1. The second-order valence-corrected chi connectivity index (χ2v) is 7.62. The number of anilines is 1. The molecule has 6 nitrogen and oxygen atoms in total. The van der Waals surface area contributed by atoms with E-state index < -0.39 is 10.0 Å². The first-order valence-corrected chi connectivity index (χ1v) is 9.00. The molecule has 0 radical (unpaired) electrons. The molecule has 0 aliphatic heterocycles. The smallest absolute Gasteiger partial charge is 0.238 e. The summed E-state index contributed by atoms with van der Waals surface area (Å²) in [6.45, 7) is 0.504. The molecule has 0 aromatic heterocycles. The fourth-order valence-corrected chi connectivity index (χ4v) is 3.83. The number of carbonyl (C=O) groups excluding carboxylic acids is 1. The van der Waals surface area contributed by atoms with Crippen LogP contribution >= 0.6 is 15.9 Å². The van der Waals surface area contributed by atoms with Crippen molar-refractivity contribution in [1.29, 1.82) is 0 Å². The van der Waals surface area contributed by atoms with Gasteiger partial charge in [-0.1, -0.05) is 6.42 Å². The van der Waals surface area contributed by atoms with Gasteiger partial charge in [-0.3, -0.25) is 4.79 Å². The standard InChI is InChI=1S/C13H18BrN3O3S/c14-11-6-9(21(16,19)20)4-5-12(11)17-13(18)10-3-1-2-8(10)7-15/h4-6,8,10H,1-3,7,15H2,(H,17,18)(H2,16,19,20). The molecule has 0 heterocycles. The summed E-state index contributed by atoms with van der Waals surface area (Å²) in [5.41, 5.74) is 6.21. The zero-order chi connectivity index (χ0) is 15.6. The molecule has 1 aliphatic carbocycles. The van der Waals surface area contributed by atoms with E-state index in [-0.39, 0.29) is 22.6 Å². The van der Waals surface area contributed by atoms with Gasteiger partial charge >= 0.3 is 0 Å². The second kappa shape index (κ2) is 6.43. The Hall–Kier alpha value is -0.960. The lowest BCUT2D eigenvalue weighted by molar-refractivity contribution is -0.120. The number of primary sulfonamides is 1. The van der Waals surface area contributed by atoms with Gasteiger partial charge in [0.2, 0.25) is 15.9 Å². The monoisotopic (exact) mass is 375 g/mol. The van der Waals surface area contributed by atoms with Gasteiger partial charge in [-0.15, -0.1) is 0 Å². The molecule has 1 aliphatic rings. The normalized spacial score (nSPS) is 22.2. The maximum Gasteiger partial charge on any atom is 0.238 e. The molecule has 8 heteroatoms. The predicted octanol–water partition coefficient (Wildman–Crippen LogP) is 1.41. The molecule has 21 heavy (non-hydrogen) atoms. The summed E-state index contributed by atoms with van der Waals surface area (Å²) in [5, 5.41) is 7.88. The number of carbonyl (C=O) groups is 1. The SMILES string of the molecule is NCC1CCCC1C(=O)Nc1ccc(S(N)(=O)=O)cc1Br. The highest BCUT2D eigenvalue weighted by atomic mass is 79.9. The van der Waals surface area contributed by atoms with Crippen LogP contribution in [0.15, 0.2) is 27.6 Å². The van der Waals surface area contributed by atoms with Crippen LogP contribution in [-0.4, -0.2) is 20.9 Å². The molecular formula is C13H18BrN3O3S. The quantitative estimate of drug-likeness (QED) is 0.737. The number of nitrogens with two attached hydrogens (primary N) is 2. The van der Waals surface area contributed by atoms with E-state index in [2.05, 4.69) is 21.2 Å². The van der Waals surface area contributed by atoms with E-state index in [1.807, 2.05) is 0 Å².